The highest BCUT2D eigenvalue weighted by molar-refractivity contribution is 5.81. The SMILES string of the molecule is COC(CCNC(=O)OCC1c2ccccc2-c2ccccc21)C(=O)NCC(C)CCC(=O)O. The Balaban J connectivity index is 1.42. The summed E-state index contributed by atoms with van der Waals surface area (Å²) in [5.41, 5.74) is 4.62. The topological polar surface area (TPSA) is 114 Å². The molecule has 0 aliphatic heterocycles. The molecule has 34 heavy (non-hydrogen) atoms. The normalized spacial score (nSPS) is 13.9. The molecule has 0 saturated heterocycles. The van der Waals surface area contributed by atoms with E-state index in [1.165, 1.54) is 18.2 Å². The standard InChI is InChI=1S/C26H32N2O6/c1-17(11-12-24(29)30)15-28-25(31)23(33-2)13-14-27-26(32)34-16-22-20-9-5-3-7-18(20)19-8-4-6-10-21(19)22/h3-10,17,22-23H,11-16H2,1-2H3,(H,27,32)(H,28,31)(H,29,30). The fourth-order valence-corrected chi connectivity index (χ4v) is 4.17. The molecule has 0 radical (unpaired) electrons. The number of amides is 2. The molecule has 0 saturated carbocycles. The van der Waals surface area contributed by atoms with Gasteiger partial charge in [0.2, 0.25) is 5.91 Å². The fourth-order valence-electron chi connectivity index (χ4n) is 4.17. The summed E-state index contributed by atoms with van der Waals surface area (Å²) < 4.78 is 10.7. The van der Waals surface area contributed by atoms with Crippen molar-refractivity contribution >= 4 is 18.0 Å². The molecule has 3 rings (SSSR count). The van der Waals surface area contributed by atoms with Gasteiger partial charge in [0, 0.05) is 39.0 Å². The molecular weight excluding hydrogens is 436 g/mol. The second-order valence-electron chi connectivity index (χ2n) is 8.55. The second kappa shape index (κ2) is 12.2. The number of hydrogen-bond donors (Lipinski definition) is 3. The maximum Gasteiger partial charge on any atom is 0.407 e. The summed E-state index contributed by atoms with van der Waals surface area (Å²) in [6.07, 6.45) is -0.429. The van der Waals surface area contributed by atoms with Crippen LogP contribution in [0.25, 0.3) is 11.1 Å². The van der Waals surface area contributed by atoms with Crippen LogP contribution in [0.3, 0.4) is 0 Å². The van der Waals surface area contributed by atoms with E-state index in [2.05, 4.69) is 34.9 Å². The average molecular weight is 469 g/mol. The summed E-state index contributed by atoms with van der Waals surface area (Å²) in [4.78, 5) is 35.3. The molecule has 0 fully saturated rings. The lowest BCUT2D eigenvalue weighted by Gasteiger charge is -2.18. The highest BCUT2D eigenvalue weighted by Crippen LogP contribution is 2.44. The zero-order valence-corrected chi connectivity index (χ0v) is 19.6. The predicted molar refractivity (Wildman–Crippen MR) is 128 cm³/mol. The Morgan fingerprint density at radius 1 is 0.971 bits per heavy atom. The Bertz CT molecular complexity index is 963. The molecule has 0 spiro atoms. The molecule has 2 atom stereocenters. The minimum Gasteiger partial charge on any atom is -0.481 e. The van der Waals surface area contributed by atoms with Gasteiger partial charge in [0.25, 0.3) is 0 Å². The maximum atomic E-state index is 12.3. The fraction of sp³-hybridized carbons (Fsp3) is 0.423. The van der Waals surface area contributed by atoms with Crippen LogP contribution in [0.4, 0.5) is 4.79 Å². The van der Waals surface area contributed by atoms with Crippen molar-refractivity contribution in [1.29, 1.82) is 0 Å². The van der Waals surface area contributed by atoms with Crippen LogP contribution >= 0.6 is 0 Å². The number of ether oxygens (including phenoxy) is 2. The maximum absolute atomic E-state index is 12.3. The third-order valence-corrected chi connectivity index (χ3v) is 6.07. The van der Waals surface area contributed by atoms with Crippen molar-refractivity contribution in [2.45, 2.75) is 38.2 Å². The van der Waals surface area contributed by atoms with Gasteiger partial charge in [0.15, 0.2) is 0 Å². The van der Waals surface area contributed by atoms with Gasteiger partial charge in [-0.05, 0) is 34.6 Å². The minimum atomic E-state index is -0.854. The number of carbonyl (C=O) groups is 3. The number of methoxy groups -OCH3 is 1. The Morgan fingerprint density at radius 2 is 1.59 bits per heavy atom. The first-order chi connectivity index (χ1) is 16.4. The number of carbonyl (C=O) groups excluding carboxylic acids is 2. The van der Waals surface area contributed by atoms with Crippen molar-refractivity contribution in [3.8, 4) is 11.1 Å². The number of carboxylic acid groups (broad SMARTS) is 1. The van der Waals surface area contributed by atoms with E-state index in [1.807, 2.05) is 31.2 Å². The third-order valence-electron chi connectivity index (χ3n) is 6.07. The van der Waals surface area contributed by atoms with Crippen molar-refractivity contribution < 1.29 is 29.0 Å². The van der Waals surface area contributed by atoms with Gasteiger partial charge in [0.1, 0.15) is 12.7 Å². The van der Waals surface area contributed by atoms with Gasteiger partial charge in [0.05, 0.1) is 0 Å². The van der Waals surface area contributed by atoms with Gasteiger partial charge in [-0.15, -0.1) is 0 Å². The van der Waals surface area contributed by atoms with Crippen LogP contribution in [0.15, 0.2) is 48.5 Å². The van der Waals surface area contributed by atoms with E-state index in [-0.39, 0.29) is 43.7 Å². The molecule has 1 aliphatic carbocycles. The largest absolute Gasteiger partial charge is 0.481 e. The zero-order valence-electron chi connectivity index (χ0n) is 19.6. The van der Waals surface area contributed by atoms with Crippen LogP contribution in [0.2, 0.25) is 0 Å². The van der Waals surface area contributed by atoms with Crippen molar-refractivity contribution in [2.24, 2.45) is 5.92 Å². The summed E-state index contributed by atoms with van der Waals surface area (Å²) in [6, 6.07) is 16.3. The van der Waals surface area contributed by atoms with Crippen molar-refractivity contribution in [3.63, 3.8) is 0 Å². The smallest absolute Gasteiger partial charge is 0.407 e. The van der Waals surface area contributed by atoms with E-state index < -0.39 is 18.2 Å². The van der Waals surface area contributed by atoms with Crippen molar-refractivity contribution in [2.75, 3.05) is 26.8 Å². The van der Waals surface area contributed by atoms with Crippen LogP contribution in [-0.2, 0) is 19.1 Å². The molecule has 8 nitrogen and oxygen atoms in total. The summed E-state index contributed by atoms with van der Waals surface area (Å²) in [6.45, 7) is 2.69. The van der Waals surface area contributed by atoms with E-state index in [9.17, 15) is 14.4 Å². The Labute approximate surface area is 199 Å². The summed E-state index contributed by atoms with van der Waals surface area (Å²) in [7, 11) is 1.44. The highest BCUT2D eigenvalue weighted by atomic mass is 16.5. The van der Waals surface area contributed by atoms with Crippen LogP contribution in [-0.4, -0.2) is 56.0 Å². The Hall–Kier alpha value is -3.39. The molecule has 8 heteroatoms. The molecule has 3 N–H and O–H groups in total. The first-order valence-electron chi connectivity index (χ1n) is 11.5. The number of benzene rings is 2. The summed E-state index contributed by atoms with van der Waals surface area (Å²) >= 11 is 0. The molecule has 2 aromatic rings. The van der Waals surface area contributed by atoms with Crippen molar-refractivity contribution in [1.82, 2.24) is 10.6 Å². The molecule has 2 aromatic carbocycles. The number of carboxylic acids is 1. The molecular formula is C26H32N2O6. The molecule has 0 heterocycles. The van der Waals surface area contributed by atoms with Gasteiger partial charge in [-0.25, -0.2) is 4.79 Å². The zero-order chi connectivity index (χ0) is 24.5. The van der Waals surface area contributed by atoms with Gasteiger partial charge < -0.3 is 25.2 Å². The van der Waals surface area contributed by atoms with E-state index in [0.29, 0.717) is 13.0 Å². The molecule has 2 unspecified atom stereocenters. The molecule has 1 aliphatic rings. The van der Waals surface area contributed by atoms with Gasteiger partial charge in [-0.3, -0.25) is 9.59 Å². The lowest BCUT2D eigenvalue weighted by atomic mass is 9.98. The summed E-state index contributed by atoms with van der Waals surface area (Å²) in [5.74, 6) is -1.12. The minimum absolute atomic E-state index is 0.0150. The van der Waals surface area contributed by atoms with Gasteiger partial charge in [-0.1, -0.05) is 55.5 Å². The average Bonchev–Trinajstić information content (AvgIpc) is 3.16. The van der Waals surface area contributed by atoms with Crippen molar-refractivity contribution in [3.05, 3.63) is 59.7 Å². The van der Waals surface area contributed by atoms with Crippen LogP contribution in [0.5, 0.6) is 0 Å². The molecule has 0 aromatic heterocycles. The number of aliphatic carboxylic acids is 1. The summed E-state index contributed by atoms with van der Waals surface area (Å²) in [5, 5.41) is 14.2. The van der Waals surface area contributed by atoms with Crippen LogP contribution in [0.1, 0.15) is 43.2 Å². The van der Waals surface area contributed by atoms with Crippen LogP contribution in [0, 0.1) is 5.92 Å². The van der Waals surface area contributed by atoms with E-state index in [4.69, 9.17) is 14.6 Å². The molecule has 2 amide bonds. The van der Waals surface area contributed by atoms with E-state index in [1.54, 1.807) is 0 Å². The third kappa shape index (κ3) is 6.57. The number of alkyl carbamates (subject to hydrolysis) is 1. The quantitative estimate of drug-likeness (QED) is 0.439. The molecule has 182 valence electrons. The van der Waals surface area contributed by atoms with E-state index in [0.717, 1.165) is 11.1 Å². The Morgan fingerprint density at radius 3 is 2.18 bits per heavy atom. The second-order valence-corrected chi connectivity index (χ2v) is 8.55. The number of hydrogen-bond acceptors (Lipinski definition) is 5. The van der Waals surface area contributed by atoms with E-state index >= 15 is 0 Å². The van der Waals surface area contributed by atoms with Gasteiger partial charge >= 0.3 is 12.1 Å². The predicted octanol–water partition coefficient (Wildman–Crippen LogP) is 3.55. The Kier molecular flexibility index (Phi) is 9.04. The number of rotatable bonds is 12. The monoisotopic (exact) mass is 468 g/mol. The first kappa shape index (κ1) is 25.2. The lowest BCUT2D eigenvalue weighted by molar-refractivity contribution is -0.137. The number of fused-ring (bicyclic) bond motifs is 3. The first-order valence-corrected chi connectivity index (χ1v) is 11.5. The van der Waals surface area contributed by atoms with Crippen LogP contribution < -0.4 is 10.6 Å². The lowest BCUT2D eigenvalue weighted by Crippen LogP contribution is -2.40. The highest BCUT2D eigenvalue weighted by Gasteiger charge is 2.29. The number of nitrogens with one attached hydrogen (secondary N) is 2. The van der Waals surface area contributed by atoms with Gasteiger partial charge in [-0.2, -0.15) is 0 Å². The molecule has 0 bridgehead atoms.